The van der Waals surface area contributed by atoms with Crippen molar-refractivity contribution < 1.29 is 14.2 Å². The SMILES string of the molecule is COC(C)(COCc1ccccc1)OC. The summed E-state index contributed by atoms with van der Waals surface area (Å²) in [7, 11) is 3.21. The Morgan fingerprint density at radius 1 is 1.07 bits per heavy atom. The van der Waals surface area contributed by atoms with Gasteiger partial charge < -0.3 is 14.2 Å². The minimum Gasteiger partial charge on any atom is -0.371 e. The minimum atomic E-state index is -0.658. The molecule has 0 aliphatic rings. The molecule has 3 nitrogen and oxygen atoms in total. The molecule has 0 saturated carbocycles. The average molecular weight is 210 g/mol. The first-order chi connectivity index (χ1) is 7.20. The van der Waals surface area contributed by atoms with Crippen molar-refractivity contribution in [3.8, 4) is 0 Å². The highest BCUT2D eigenvalue weighted by molar-refractivity contribution is 5.13. The lowest BCUT2D eigenvalue weighted by Gasteiger charge is -2.25. The van der Waals surface area contributed by atoms with Crippen LogP contribution >= 0.6 is 0 Å². The van der Waals surface area contributed by atoms with Crippen LogP contribution in [0.5, 0.6) is 0 Å². The second kappa shape index (κ2) is 5.85. The van der Waals surface area contributed by atoms with Gasteiger partial charge in [-0.1, -0.05) is 30.3 Å². The molecule has 84 valence electrons. The topological polar surface area (TPSA) is 27.7 Å². The lowest BCUT2D eigenvalue weighted by Crippen LogP contribution is -2.35. The van der Waals surface area contributed by atoms with Crippen molar-refractivity contribution in [2.75, 3.05) is 20.8 Å². The maximum Gasteiger partial charge on any atom is 0.188 e. The highest BCUT2D eigenvalue weighted by atomic mass is 16.7. The third-order valence-electron chi connectivity index (χ3n) is 2.34. The van der Waals surface area contributed by atoms with Gasteiger partial charge in [0.25, 0.3) is 0 Å². The van der Waals surface area contributed by atoms with E-state index in [2.05, 4.69) is 0 Å². The summed E-state index contributed by atoms with van der Waals surface area (Å²) in [5.41, 5.74) is 1.15. The minimum absolute atomic E-state index is 0.412. The Morgan fingerprint density at radius 3 is 2.20 bits per heavy atom. The van der Waals surface area contributed by atoms with E-state index in [-0.39, 0.29) is 0 Å². The van der Waals surface area contributed by atoms with Gasteiger partial charge in [-0.2, -0.15) is 0 Å². The monoisotopic (exact) mass is 210 g/mol. The zero-order chi connectivity index (χ0) is 11.1. The van der Waals surface area contributed by atoms with Gasteiger partial charge in [0.15, 0.2) is 5.79 Å². The van der Waals surface area contributed by atoms with Crippen LogP contribution in [0, 0.1) is 0 Å². The number of methoxy groups -OCH3 is 2. The first-order valence-electron chi connectivity index (χ1n) is 4.92. The summed E-state index contributed by atoms with van der Waals surface area (Å²) >= 11 is 0. The number of rotatable bonds is 6. The highest BCUT2D eigenvalue weighted by Crippen LogP contribution is 2.11. The van der Waals surface area contributed by atoms with Crippen molar-refractivity contribution in [2.45, 2.75) is 19.3 Å². The van der Waals surface area contributed by atoms with Crippen molar-refractivity contribution >= 4 is 0 Å². The maximum absolute atomic E-state index is 5.52. The first-order valence-corrected chi connectivity index (χ1v) is 4.92. The fourth-order valence-electron chi connectivity index (χ4n) is 1.13. The summed E-state index contributed by atoms with van der Waals surface area (Å²) in [5, 5.41) is 0. The summed E-state index contributed by atoms with van der Waals surface area (Å²) in [5.74, 6) is -0.658. The van der Waals surface area contributed by atoms with Crippen molar-refractivity contribution in [3.05, 3.63) is 35.9 Å². The van der Waals surface area contributed by atoms with Gasteiger partial charge in [-0.25, -0.2) is 0 Å². The van der Waals surface area contributed by atoms with Gasteiger partial charge in [0.2, 0.25) is 0 Å². The summed E-state index contributed by atoms with van der Waals surface area (Å²) in [6.07, 6.45) is 0. The van der Waals surface area contributed by atoms with E-state index in [0.29, 0.717) is 13.2 Å². The van der Waals surface area contributed by atoms with Crippen LogP contribution in [0.25, 0.3) is 0 Å². The average Bonchev–Trinajstić information content (AvgIpc) is 2.30. The molecule has 0 aliphatic carbocycles. The van der Waals surface area contributed by atoms with Crippen LogP contribution in [0.3, 0.4) is 0 Å². The Bertz CT molecular complexity index is 267. The van der Waals surface area contributed by atoms with Crippen LogP contribution in [0.2, 0.25) is 0 Å². The molecule has 0 aliphatic heterocycles. The maximum atomic E-state index is 5.52. The summed E-state index contributed by atoms with van der Waals surface area (Å²) < 4.78 is 15.9. The molecule has 0 spiro atoms. The summed E-state index contributed by atoms with van der Waals surface area (Å²) in [6, 6.07) is 10.0. The summed E-state index contributed by atoms with van der Waals surface area (Å²) in [4.78, 5) is 0. The van der Waals surface area contributed by atoms with Crippen LogP contribution in [-0.2, 0) is 20.8 Å². The van der Waals surface area contributed by atoms with Crippen LogP contribution < -0.4 is 0 Å². The van der Waals surface area contributed by atoms with E-state index >= 15 is 0 Å². The molecule has 0 saturated heterocycles. The quantitative estimate of drug-likeness (QED) is 0.674. The Balaban J connectivity index is 2.33. The van der Waals surface area contributed by atoms with Gasteiger partial charge in [0.05, 0.1) is 6.61 Å². The Labute approximate surface area is 91.0 Å². The Morgan fingerprint density at radius 2 is 1.67 bits per heavy atom. The van der Waals surface area contributed by atoms with Gasteiger partial charge in [-0.3, -0.25) is 0 Å². The molecule has 1 aromatic rings. The smallest absolute Gasteiger partial charge is 0.188 e. The molecule has 0 heterocycles. The van der Waals surface area contributed by atoms with Crippen molar-refractivity contribution in [1.82, 2.24) is 0 Å². The second-order valence-corrected chi connectivity index (χ2v) is 3.52. The van der Waals surface area contributed by atoms with Crippen molar-refractivity contribution in [2.24, 2.45) is 0 Å². The number of hydrogen-bond donors (Lipinski definition) is 0. The van der Waals surface area contributed by atoms with Gasteiger partial charge in [-0.05, 0) is 12.5 Å². The van der Waals surface area contributed by atoms with Crippen LogP contribution in [-0.4, -0.2) is 26.6 Å². The fraction of sp³-hybridized carbons (Fsp3) is 0.500. The van der Waals surface area contributed by atoms with Gasteiger partial charge >= 0.3 is 0 Å². The van der Waals surface area contributed by atoms with E-state index in [0.717, 1.165) is 5.56 Å². The van der Waals surface area contributed by atoms with Crippen LogP contribution in [0.1, 0.15) is 12.5 Å². The molecule has 0 bridgehead atoms. The Hall–Kier alpha value is -0.900. The molecule has 0 aromatic heterocycles. The fourth-order valence-corrected chi connectivity index (χ4v) is 1.13. The molecule has 0 amide bonds. The lowest BCUT2D eigenvalue weighted by molar-refractivity contribution is -0.224. The van der Waals surface area contributed by atoms with Crippen molar-refractivity contribution in [3.63, 3.8) is 0 Å². The normalized spacial score (nSPS) is 11.7. The largest absolute Gasteiger partial charge is 0.371 e. The number of benzene rings is 1. The predicted octanol–water partition coefficient (Wildman–Crippen LogP) is 2.21. The third-order valence-corrected chi connectivity index (χ3v) is 2.34. The van der Waals surface area contributed by atoms with Crippen molar-refractivity contribution in [1.29, 1.82) is 0 Å². The molecule has 15 heavy (non-hydrogen) atoms. The number of hydrogen-bond acceptors (Lipinski definition) is 3. The van der Waals surface area contributed by atoms with Gasteiger partial charge in [-0.15, -0.1) is 0 Å². The second-order valence-electron chi connectivity index (χ2n) is 3.52. The molecule has 0 unspecified atom stereocenters. The van der Waals surface area contributed by atoms with E-state index < -0.39 is 5.79 Å². The molecule has 0 N–H and O–H groups in total. The van der Waals surface area contributed by atoms with E-state index in [1.54, 1.807) is 14.2 Å². The molecule has 3 heteroatoms. The third kappa shape index (κ3) is 4.00. The van der Waals surface area contributed by atoms with Gasteiger partial charge in [0, 0.05) is 14.2 Å². The molecular formula is C12H18O3. The highest BCUT2D eigenvalue weighted by Gasteiger charge is 2.22. The standard InChI is InChI=1S/C12H18O3/c1-12(13-2,14-3)10-15-9-11-7-5-4-6-8-11/h4-8H,9-10H2,1-3H3. The van der Waals surface area contributed by atoms with Crippen LogP contribution in [0.15, 0.2) is 30.3 Å². The molecule has 1 aromatic carbocycles. The van der Waals surface area contributed by atoms with E-state index in [1.807, 2.05) is 37.3 Å². The lowest BCUT2D eigenvalue weighted by atomic mass is 10.2. The van der Waals surface area contributed by atoms with E-state index in [1.165, 1.54) is 0 Å². The van der Waals surface area contributed by atoms with E-state index in [4.69, 9.17) is 14.2 Å². The van der Waals surface area contributed by atoms with Gasteiger partial charge in [0.1, 0.15) is 6.61 Å². The Kier molecular flexibility index (Phi) is 4.75. The van der Waals surface area contributed by atoms with E-state index in [9.17, 15) is 0 Å². The summed E-state index contributed by atoms with van der Waals surface area (Å²) in [6.45, 7) is 2.83. The predicted molar refractivity (Wildman–Crippen MR) is 58.5 cm³/mol. The molecular weight excluding hydrogens is 192 g/mol. The molecule has 0 fully saturated rings. The zero-order valence-electron chi connectivity index (χ0n) is 9.53. The molecule has 0 radical (unpaired) electrons. The molecule has 1 rings (SSSR count). The zero-order valence-corrected chi connectivity index (χ0v) is 9.53. The first kappa shape index (κ1) is 12.2. The molecule has 0 atom stereocenters. The number of ether oxygens (including phenoxy) is 3. The van der Waals surface area contributed by atoms with Crippen LogP contribution in [0.4, 0.5) is 0 Å².